The molecular weight excluding hydrogens is 322 g/mol. The van der Waals surface area contributed by atoms with Gasteiger partial charge in [0.15, 0.2) is 0 Å². The SMILES string of the molecule is Cc1cccc(NC(=O)CSCC(=O)N(C)Cc2cccnc2)c1. The van der Waals surface area contributed by atoms with Gasteiger partial charge in [-0.3, -0.25) is 14.6 Å². The van der Waals surface area contributed by atoms with Crippen molar-refractivity contribution in [2.45, 2.75) is 13.5 Å². The molecule has 0 saturated carbocycles. The van der Waals surface area contributed by atoms with Gasteiger partial charge < -0.3 is 10.2 Å². The summed E-state index contributed by atoms with van der Waals surface area (Å²) in [6, 6.07) is 11.4. The fourth-order valence-electron chi connectivity index (χ4n) is 2.11. The lowest BCUT2D eigenvalue weighted by Gasteiger charge is -2.16. The van der Waals surface area contributed by atoms with Gasteiger partial charge in [0, 0.05) is 31.7 Å². The summed E-state index contributed by atoms with van der Waals surface area (Å²) in [5, 5.41) is 2.83. The predicted octanol–water partition coefficient (Wildman–Crippen LogP) is 2.72. The van der Waals surface area contributed by atoms with Crippen LogP contribution >= 0.6 is 11.8 Å². The molecule has 0 aliphatic rings. The van der Waals surface area contributed by atoms with E-state index >= 15 is 0 Å². The highest BCUT2D eigenvalue weighted by Crippen LogP contribution is 2.11. The summed E-state index contributed by atoms with van der Waals surface area (Å²) in [6.45, 7) is 2.49. The standard InChI is InChI=1S/C18H21N3O2S/c1-14-5-3-7-16(9-14)20-17(22)12-24-13-18(23)21(2)11-15-6-4-8-19-10-15/h3-10H,11-13H2,1-2H3,(H,20,22). The molecule has 0 aliphatic carbocycles. The van der Waals surface area contributed by atoms with E-state index in [1.165, 1.54) is 11.8 Å². The highest BCUT2D eigenvalue weighted by atomic mass is 32.2. The summed E-state index contributed by atoms with van der Waals surface area (Å²) in [5.41, 5.74) is 2.85. The van der Waals surface area contributed by atoms with Crippen LogP contribution in [0.25, 0.3) is 0 Å². The Morgan fingerprint density at radius 3 is 2.75 bits per heavy atom. The Bertz CT molecular complexity index is 692. The molecule has 0 saturated heterocycles. The number of pyridine rings is 1. The van der Waals surface area contributed by atoms with Gasteiger partial charge in [-0.25, -0.2) is 0 Å². The Morgan fingerprint density at radius 2 is 2.04 bits per heavy atom. The second-order valence-corrected chi connectivity index (χ2v) is 6.51. The van der Waals surface area contributed by atoms with Crippen LogP contribution in [-0.4, -0.2) is 40.3 Å². The number of nitrogens with zero attached hydrogens (tertiary/aromatic N) is 2. The van der Waals surface area contributed by atoms with Gasteiger partial charge in [-0.2, -0.15) is 0 Å². The Morgan fingerprint density at radius 1 is 1.21 bits per heavy atom. The maximum atomic E-state index is 12.1. The second-order valence-electron chi connectivity index (χ2n) is 5.52. The van der Waals surface area contributed by atoms with Crippen LogP contribution < -0.4 is 5.32 Å². The van der Waals surface area contributed by atoms with E-state index in [1.54, 1.807) is 24.3 Å². The molecular formula is C18H21N3O2S. The van der Waals surface area contributed by atoms with E-state index in [-0.39, 0.29) is 23.3 Å². The van der Waals surface area contributed by atoms with E-state index in [0.29, 0.717) is 6.54 Å². The van der Waals surface area contributed by atoms with Crippen LogP contribution in [-0.2, 0) is 16.1 Å². The lowest BCUT2D eigenvalue weighted by molar-refractivity contribution is -0.127. The van der Waals surface area contributed by atoms with E-state index in [9.17, 15) is 9.59 Å². The number of hydrogen-bond acceptors (Lipinski definition) is 4. The summed E-state index contributed by atoms with van der Waals surface area (Å²) in [6.07, 6.45) is 3.44. The molecule has 0 unspecified atom stereocenters. The molecule has 0 spiro atoms. The van der Waals surface area contributed by atoms with Gasteiger partial charge in [0.05, 0.1) is 11.5 Å². The smallest absolute Gasteiger partial charge is 0.234 e. The van der Waals surface area contributed by atoms with Crippen molar-refractivity contribution >= 4 is 29.3 Å². The molecule has 0 atom stereocenters. The van der Waals surface area contributed by atoms with Crippen LogP contribution in [0.1, 0.15) is 11.1 Å². The molecule has 0 fully saturated rings. The zero-order valence-corrected chi connectivity index (χ0v) is 14.7. The third-order valence-electron chi connectivity index (χ3n) is 3.33. The van der Waals surface area contributed by atoms with Crippen molar-refractivity contribution in [2.24, 2.45) is 0 Å². The van der Waals surface area contributed by atoms with Gasteiger partial charge in [0.25, 0.3) is 0 Å². The van der Waals surface area contributed by atoms with Crippen LogP contribution in [0.4, 0.5) is 5.69 Å². The Kier molecular flexibility index (Phi) is 6.81. The van der Waals surface area contributed by atoms with Crippen LogP contribution in [0.5, 0.6) is 0 Å². The van der Waals surface area contributed by atoms with E-state index in [4.69, 9.17) is 0 Å². The Labute approximate surface area is 146 Å². The molecule has 5 nitrogen and oxygen atoms in total. The first-order valence-corrected chi connectivity index (χ1v) is 8.77. The fourth-order valence-corrected chi connectivity index (χ4v) is 2.87. The molecule has 24 heavy (non-hydrogen) atoms. The maximum Gasteiger partial charge on any atom is 0.234 e. The van der Waals surface area contributed by atoms with Crippen LogP contribution in [0, 0.1) is 6.92 Å². The number of thioether (sulfide) groups is 1. The van der Waals surface area contributed by atoms with Crippen molar-refractivity contribution in [2.75, 3.05) is 23.9 Å². The van der Waals surface area contributed by atoms with Crippen molar-refractivity contribution in [3.05, 3.63) is 59.9 Å². The van der Waals surface area contributed by atoms with Crippen LogP contribution in [0.3, 0.4) is 0 Å². The molecule has 126 valence electrons. The molecule has 1 aromatic heterocycles. The normalized spacial score (nSPS) is 10.2. The first-order chi connectivity index (χ1) is 11.5. The van der Waals surface area contributed by atoms with E-state index in [2.05, 4.69) is 10.3 Å². The number of amides is 2. The first-order valence-electron chi connectivity index (χ1n) is 7.62. The van der Waals surface area contributed by atoms with Gasteiger partial charge >= 0.3 is 0 Å². The molecule has 2 rings (SSSR count). The number of carbonyl (C=O) groups is 2. The van der Waals surface area contributed by atoms with Crippen LogP contribution in [0.2, 0.25) is 0 Å². The zero-order chi connectivity index (χ0) is 17.4. The monoisotopic (exact) mass is 343 g/mol. The number of benzene rings is 1. The molecule has 0 bridgehead atoms. The van der Waals surface area contributed by atoms with Crippen molar-refractivity contribution in [3.8, 4) is 0 Å². The second kappa shape index (κ2) is 9.08. The molecule has 2 amide bonds. The van der Waals surface area contributed by atoms with Crippen molar-refractivity contribution < 1.29 is 9.59 Å². The largest absolute Gasteiger partial charge is 0.341 e. The topological polar surface area (TPSA) is 62.3 Å². The third-order valence-corrected chi connectivity index (χ3v) is 4.25. The molecule has 1 aromatic carbocycles. The van der Waals surface area contributed by atoms with Crippen molar-refractivity contribution in [1.82, 2.24) is 9.88 Å². The number of anilines is 1. The van der Waals surface area contributed by atoms with Crippen LogP contribution in [0.15, 0.2) is 48.8 Å². The molecule has 1 N–H and O–H groups in total. The van der Waals surface area contributed by atoms with Gasteiger partial charge in [0.1, 0.15) is 0 Å². The highest BCUT2D eigenvalue weighted by Gasteiger charge is 2.11. The Hall–Kier alpha value is -2.34. The highest BCUT2D eigenvalue weighted by molar-refractivity contribution is 8.00. The van der Waals surface area contributed by atoms with E-state index in [1.807, 2.05) is 43.3 Å². The van der Waals surface area contributed by atoms with Crippen molar-refractivity contribution in [1.29, 1.82) is 0 Å². The average Bonchev–Trinajstić information content (AvgIpc) is 2.55. The minimum Gasteiger partial charge on any atom is -0.341 e. The van der Waals surface area contributed by atoms with Gasteiger partial charge in [-0.15, -0.1) is 11.8 Å². The Balaban J connectivity index is 1.71. The first kappa shape index (κ1) is 18.0. The number of nitrogens with one attached hydrogen (secondary N) is 1. The minimum absolute atomic E-state index is 0.00721. The van der Waals surface area contributed by atoms with E-state index < -0.39 is 0 Å². The molecule has 6 heteroatoms. The average molecular weight is 343 g/mol. The van der Waals surface area contributed by atoms with Gasteiger partial charge in [-0.05, 0) is 36.2 Å². The number of carbonyl (C=O) groups excluding carboxylic acids is 2. The molecule has 1 heterocycles. The minimum atomic E-state index is -0.103. The summed E-state index contributed by atoms with van der Waals surface area (Å²) >= 11 is 1.31. The number of rotatable bonds is 7. The predicted molar refractivity (Wildman–Crippen MR) is 97.8 cm³/mol. The number of aryl methyl sites for hydroxylation is 1. The summed E-state index contributed by atoms with van der Waals surface area (Å²) in [4.78, 5) is 29.7. The molecule has 2 aromatic rings. The fraction of sp³-hybridized carbons (Fsp3) is 0.278. The zero-order valence-electron chi connectivity index (χ0n) is 13.9. The molecule has 0 aliphatic heterocycles. The van der Waals surface area contributed by atoms with Crippen molar-refractivity contribution in [3.63, 3.8) is 0 Å². The third kappa shape index (κ3) is 6.04. The van der Waals surface area contributed by atoms with E-state index in [0.717, 1.165) is 16.8 Å². The number of aromatic nitrogens is 1. The summed E-state index contributed by atoms with van der Waals surface area (Å²) in [5.74, 6) is 0.416. The summed E-state index contributed by atoms with van der Waals surface area (Å²) < 4.78 is 0. The lowest BCUT2D eigenvalue weighted by Crippen LogP contribution is -2.28. The molecule has 0 radical (unpaired) electrons. The number of hydrogen-bond donors (Lipinski definition) is 1. The maximum absolute atomic E-state index is 12.1. The lowest BCUT2D eigenvalue weighted by atomic mass is 10.2. The summed E-state index contributed by atoms with van der Waals surface area (Å²) in [7, 11) is 1.75. The van der Waals surface area contributed by atoms with Gasteiger partial charge in [0.2, 0.25) is 11.8 Å². The quantitative estimate of drug-likeness (QED) is 0.840. The van der Waals surface area contributed by atoms with Gasteiger partial charge in [-0.1, -0.05) is 18.2 Å².